The average Bonchev–Trinajstić information content (AvgIpc) is 2.47. The molecule has 0 bridgehead atoms. The Morgan fingerprint density at radius 2 is 1.81 bits per heavy atom. The van der Waals surface area contributed by atoms with Crippen LogP contribution in [0.25, 0.3) is 0 Å². The molecule has 0 N–H and O–H groups in total. The number of ketones is 1. The monoisotopic (exact) mass is 305 g/mol. The topological polar surface area (TPSA) is 20.3 Å². The maximum Gasteiger partial charge on any atom is 0.179 e. The molecule has 1 unspecified atom stereocenters. The second-order valence-corrected chi connectivity index (χ2v) is 5.48. The molecular formula is C17H17ClFNO. The van der Waals surface area contributed by atoms with Gasteiger partial charge in [-0.05, 0) is 43.8 Å². The van der Waals surface area contributed by atoms with E-state index in [1.54, 1.807) is 12.1 Å². The van der Waals surface area contributed by atoms with Gasteiger partial charge in [-0.1, -0.05) is 35.9 Å². The molecule has 0 spiro atoms. The first-order valence-corrected chi connectivity index (χ1v) is 7.10. The van der Waals surface area contributed by atoms with E-state index in [0.717, 1.165) is 5.56 Å². The minimum Gasteiger partial charge on any atom is -0.293 e. The highest BCUT2D eigenvalue weighted by atomic mass is 35.5. The zero-order chi connectivity index (χ0) is 15.4. The number of nitrogens with zero attached hydrogens (tertiary/aromatic N) is 1. The molecule has 0 fully saturated rings. The van der Waals surface area contributed by atoms with Crippen molar-refractivity contribution < 1.29 is 9.18 Å². The molecule has 2 aromatic carbocycles. The minimum absolute atomic E-state index is 0.0398. The smallest absolute Gasteiger partial charge is 0.179 e. The maximum absolute atomic E-state index is 13.6. The minimum atomic E-state index is -0.477. The van der Waals surface area contributed by atoms with Crippen LogP contribution in [0.2, 0.25) is 5.02 Å². The van der Waals surface area contributed by atoms with Crippen LogP contribution in [0.4, 0.5) is 4.39 Å². The van der Waals surface area contributed by atoms with Gasteiger partial charge in [-0.2, -0.15) is 0 Å². The van der Waals surface area contributed by atoms with Crippen LogP contribution in [0, 0.1) is 5.82 Å². The van der Waals surface area contributed by atoms with E-state index in [9.17, 15) is 9.18 Å². The summed E-state index contributed by atoms with van der Waals surface area (Å²) in [4.78, 5) is 14.0. The Morgan fingerprint density at radius 3 is 2.43 bits per heavy atom. The second-order valence-electron chi connectivity index (χ2n) is 5.05. The van der Waals surface area contributed by atoms with Gasteiger partial charge in [-0.25, -0.2) is 4.39 Å². The summed E-state index contributed by atoms with van der Waals surface area (Å²) in [6, 6.07) is 13.6. The van der Waals surface area contributed by atoms with Crippen LogP contribution in [0.5, 0.6) is 0 Å². The molecule has 2 aromatic rings. The van der Waals surface area contributed by atoms with E-state index in [0.29, 0.717) is 5.02 Å². The number of rotatable bonds is 5. The van der Waals surface area contributed by atoms with E-state index in [1.807, 2.05) is 43.1 Å². The van der Waals surface area contributed by atoms with Crippen molar-refractivity contribution in [2.45, 2.75) is 13.0 Å². The third-order valence-electron chi connectivity index (χ3n) is 3.58. The zero-order valence-corrected chi connectivity index (χ0v) is 12.8. The van der Waals surface area contributed by atoms with Crippen molar-refractivity contribution in [1.29, 1.82) is 0 Å². The third kappa shape index (κ3) is 3.90. The van der Waals surface area contributed by atoms with Crippen LogP contribution in [-0.4, -0.2) is 24.3 Å². The number of likely N-dealkylation sites (N-methyl/N-ethyl adjacent to an activating group) is 1. The molecule has 0 amide bonds. The van der Waals surface area contributed by atoms with Crippen molar-refractivity contribution in [1.82, 2.24) is 4.90 Å². The predicted octanol–water partition coefficient (Wildman–Crippen LogP) is 4.35. The first-order valence-electron chi connectivity index (χ1n) is 6.72. The van der Waals surface area contributed by atoms with E-state index in [2.05, 4.69) is 0 Å². The van der Waals surface area contributed by atoms with Gasteiger partial charge in [-0.15, -0.1) is 0 Å². The van der Waals surface area contributed by atoms with Crippen LogP contribution in [0.15, 0.2) is 48.5 Å². The van der Waals surface area contributed by atoms with Crippen molar-refractivity contribution in [2.75, 3.05) is 13.6 Å². The molecular weight excluding hydrogens is 289 g/mol. The number of halogens is 2. The lowest BCUT2D eigenvalue weighted by Crippen LogP contribution is -2.29. The largest absolute Gasteiger partial charge is 0.293 e. The van der Waals surface area contributed by atoms with Crippen LogP contribution >= 0.6 is 11.6 Å². The van der Waals surface area contributed by atoms with Gasteiger partial charge in [0.25, 0.3) is 0 Å². The number of hydrogen-bond acceptors (Lipinski definition) is 2. The van der Waals surface area contributed by atoms with E-state index in [4.69, 9.17) is 11.6 Å². The summed E-state index contributed by atoms with van der Waals surface area (Å²) in [5, 5.41) is 0.677. The summed E-state index contributed by atoms with van der Waals surface area (Å²) >= 11 is 5.87. The Bertz CT molecular complexity index is 627. The van der Waals surface area contributed by atoms with Gasteiger partial charge in [0.15, 0.2) is 5.78 Å². The molecule has 0 aliphatic carbocycles. The highest BCUT2D eigenvalue weighted by molar-refractivity contribution is 6.30. The molecule has 4 heteroatoms. The zero-order valence-electron chi connectivity index (χ0n) is 12.0. The molecule has 1 atom stereocenters. The average molecular weight is 306 g/mol. The summed E-state index contributed by atoms with van der Waals surface area (Å²) in [5.74, 6) is -0.702. The van der Waals surface area contributed by atoms with Crippen molar-refractivity contribution in [3.05, 3.63) is 70.5 Å². The highest BCUT2D eigenvalue weighted by Gasteiger charge is 2.17. The summed E-state index contributed by atoms with van der Waals surface area (Å²) in [5.41, 5.74) is 1.19. The first kappa shape index (κ1) is 15.7. The Morgan fingerprint density at radius 1 is 1.19 bits per heavy atom. The number of Topliss-reactive ketones (excluding diaryl/α,β-unsaturated/α-hetero) is 1. The summed E-state index contributed by atoms with van der Waals surface area (Å²) in [7, 11) is 1.85. The van der Waals surface area contributed by atoms with Crippen LogP contribution in [0.1, 0.15) is 28.9 Å². The SMILES string of the molecule is CC(c1ccc(Cl)cc1)N(C)CC(=O)c1ccccc1F. The van der Waals surface area contributed by atoms with Crippen LogP contribution < -0.4 is 0 Å². The van der Waals surface area contributed by atoms with E-state index in [-0.39, 0.29) is 23.9 Å². The first-order chi connectivity index (χ1) is 9.99. The van der Waals surface area contributed by atoms with Gasteiger partial charge >= 0.3 is 0 Å². The molecule has 2 rings (SSSR count). The lowest BCUT2D eigenvalue weighted by atomic mass is 10.1. The molecule has 0 aromatic heterocycles. The Balaban J connectivity index is 2.07. The summed E-state index contributed by atoms with van der Waals surface area (Å²) in [6.45, 7) is 2.16. The van der Waals surface area contributed by atoms with Crippen LogP contribution in [-0.2, 0) is 0 Å². The molecule has 21 heavy (non-hydrogen) atoms. The quantitative estimate of drug-likeness (QED) is 0.765. The Hall–Kier alpha value is -1.71. The molecule has 110 valence electrons. The maximum atomic E-state index is 13.6. The molecule has 0 saturated carbocycles. The number of hydrogen-bond donors (Lipinski definition) is 0. The summed E-state index contributed by atoms with van der Waals surface area (Å²) in [6.07, 6.45) is 0. The number of benzene rings is 2. The van der Waals surface area contributed by atoms with E-state index in [1.165, 1.54) is 12.1 Å². The third-order valence-corrected chi connectivity index (χ3v) is 3.83. The van der Waals surface area contributed by atoms with Gasteiger partial charge in [0.1, 0.15) is 5.82 Å². The van der Waals surface area contributed by atoms with Crippen molar-refractivity contribution >= 4 is 17.4 Å². The Labute approximate surface area is 129 Å². The van der Waals surface area contributed by atoms with Gasteiger partial charge in [-0.3, -0.25) is 9.69 Å². The molecule has 0 aliphatic heterocycles. The van der Waals surface area contributed by atoms with E-state index >= 15 is 0 Å². The van der Waals surface area contributed by atoms with Crippen molar-refractivity contribution in [3.8, 4) is 0 Å². The highest BCUT2D eigenvalue weighted by Crippen LogP contribution is 2.21. The lowest BCUT2D eigenvalue weighted by Gasteiger charge is -2.24. The van der Waals surface area contributed by atoms with Crippen LogP contribution in [0.3, 0.4) is 0 Å². The second kappa shape index (κ2) is 6.83. The predicted molar refractivity (Wildman–Crippen MR) is 83.2 cm³/mol. The van der Waals surface area contributed by atoms with Gasteiger partial charge in [0.2, 0.25) is 0 Å². The van der Waals surface area contributed by atoms with Crippen molar-refractivity contribution in [3.63, 3.8) is 0 Å². The molecule has 0 aliphatic rings. The standard InChI is InChI=1S/C17H17ClFNO/c1-12(13-7-9-14(18)10-8-13)20(2)11-17(21)15-5-3-4-6-16(15)19/h3-10,12H,11H2,1-2H3. The normalized spacial score (nSPS) is 12.4. The van der Waals surface area contributed by atoms with Gasteiger partial charge < -0.3 is 0 Å². The molecule has 0 radical (unpaired) electrons. The molecule has 2 nitrogen and oxygen atoms in total. The molecule has 0 saturated heterocycles. The van der Waals surface area contributed by atoms with Crippen molar-refractivity contribution in [2.24, 2.45) is 0 Å². The van der Waals surface area contributed by atoms with Gasteiger partial charge in [0.05, 0.1) is 12.1 Å². The summed E-state index contributed by atoms with van der Waals surface area (Å²) < 4.78 is 13.6. The Kier molecular flexibility index (Phi) is 5.10. The lowest BCUT2D eigenvalue weighted by molar-refractivity contribution is 0.0921. The molecule has 0 heterocycles. The van der Waals surface area contributed by atoms with E-state index < -0.39 is 5.82 Å². The number of carbonyl (C=O) groups is 1. The fourth-order valence-electron chi connectivity index (χ4n) is 2.13. The fourth-order valence-corrected chi connectivity index (χ4v) is 2.26. The fraction of sp³-hybridized carbons (Fsp3) is 0.235. The number of carbonyl (C=O) groups excluding carboxylic acids is 1. The van der Waals surface area contributed by atoms with Gasteiger partial charge in [0, 0.05) is 11.1 Å².